The Kier molecular flexibility index (Phi) is 4.60. The van der Waals surface area contributed by atoms with Crippen molar-refractivity contribution >= 4 is 34.4 Å². The Balaban J connectivity index is 1.77. The molecule has 0 bridgehead atoms. The molecule has 0 aliphatic heterocycles. The van der Waals surface area contributed by atoms with Gasteiger partial charge in [-0.2, -0.15) is 0 Å². The highest BCUT2D eigenvalue weighted by Gasteiger charge is 2.13. The van der Waals surface area contributed by atoms with Crippen LogP contribution in [0.5, 0.6) is 0 Å². The standard InChI is InChI=1S/C17H20N6O/c1-3-9-20-16(24)11-4-6-12(7-5-11)21-17-22-14(18-2)13-8-10-19-15(13)23-17/h4-8,10H,3,9H2,1-2H3,(H,20,24)(H3,18,19,21,22,23)/p+1. The van der Waals surface area contributed by atoms with E-state index in [9.17, 15) is 4.79 Å². The number of benzene rings is 1. The van der Waals surface area contributed by atoms with Crippen LogP contribution in [0.4, 0.5) is 17.5 Å². The molecule has 7 heteroatoms. The smallest absolute Gasteiger partial charge is 0.351 e. The molecular formula is C17H21N6O+. The lowest BCUT2D eigenvalue weighted by Gasteiger charge is -2.05. The molecule has 24 heavy (non-hydrogen) atoms. The third kappa shape index (κ3) is 3.29. The first-order valence-corrected chi connectivity index (χ1v) is 7.94. The second-order valence-corrected chi connectivity index (χ2v) is 5.41. The number of amides is 1. The zero-order valence-corrected chi connectivity index (χ0v) is 13.7. The lowest BCUT2D eigenvalue weighted by Crippen LogP contribution is -2.23. The number of fused-ring (bicyclic) bond motifs is 1. The maximum Gasteiger partial charge on any atom is 0.351 e. The van der Waals surface area contributed by atoms with E-state index in [1.165, 1.54) is 0 Å². The maximum atomic E-state index is 11.9. The highest BCUT2D eigenvalue weighted by molar-refractivity contribution is 5.94. The molecule has 0 aliphatic carbocycles. The summed E-state index contributed by atoms with van der Waals surface area (Å²) >= 11 is 0. The summed E-state index contributed by atoms with van der Waals surface area (Å²) in [5, 5.41) is 10.2. The van der Waals surface area contributed by atoms with Gasteiger partial charge in [0.1, 0.15) is 0 Å². The highest BCUT2D eigenvalue weighted by atomic mass is 16.1. The number of aromatic nitrogens is 3. The van der Waals surface area contributed by atoms with E-state index in [4.69, 9.17) is 0 Å². The van der Waals surface area contributed by atoms with Gasteiger partial charge < -0.3 is 15.6 Å². The molecule has 124 valence electrons. The number of nitrogens with one attached hydrogen (secondary N) is 5. The molecular weight excluding hydrogens is 304 g/mol. The minimum Gasteiger partial charge on any atom is -0.352 e. The minimum absolute atomic E-state index is 0.0571. The number of hydrogen-bond acceptors (Lipinski definition) is 4. The number of anilines is 3. The molecule has 5 N–H and O–H groups in total. The Morgan fingerprint density at radius 3 is 2.75 bits per heavy atom. The van der Waals surface area contributed by atoms with E-state index in [-0.39, 0.29) is 5.91 Å². The lowest BCUT2D eigenvalue weighted by molar-refractivity contribution is -0.345. The quantitative estimate of drug-likeness (QED) is 0.559. The Hall–Kier alpha value is -3.09. The molecule has 1 amide bonds. The van der Waals surface area contributed by atoms with Crippen molar-refractivity contribution in [3.63, 3.8) is 0 Å². The van der Waals surface area contributed by atoms with Crippen molar-refractivity contribution in [2.75, 3.05) is 24.2 Å². The summed E-state index contributed by atoms with van der Waals surface area (Å²) in [4.78, 5) is 22.7. The number of carbonyl (C=O) groups is 1. The molecule has 7 nitrogen and oxygen atoms in total. The van der Waals surface area contributed by atoms with Crippen LogP contribution in [0, 0.1) is 0 Å². The lowest BCUT2D eigenvalue weighted by atomic mass is 10.2. The van der Waals surface area contributed by atoms with E-state index in [0.29, 0.717) is 18.1 Å². The van der Waals surface area contributed by atoms with Gasteiger partial charge in [-0.3, -0.25) is 10.1 Å². The molecule has 3 aromatic rings. The number of carbonyl (C=O) groups excluding carboxylic acids is 1. The first kappa shape index (κ1) is 15.8. The Bertz CT molecular complexity index is 840. The predicted octanol–water partition coefficient (Wildman–Crippen LogP) is 2.30. The topological polar surface area (TPSA) is 96.0 Å². The van der Waals surface area contributed by atoms with Crippen LogP contribution < -0.4 is 20.9 Å². The van der Waals surface area contributed by atoms with Crippen molar-refractivity contribution in [3.8, 4) is 0 Å². The average Bonchev–Trinajstić information content (AvgIpc) is 3.08. The number of rotatable bonds is 6. The van der Waals surface area contributed by atoms with Crippen molar-refractivity contribution < 1.29 is 9.78 Å². The largest absolute Gasteiger partial charge is 0.352 e. The molecule has 0 atom stereocenters. The normalized spacial score (nSPS) is 10.6. The van der Waals surface area contributed by atoms with E-state index < -0.39 is 0 Å². The zero-order chi connectivity index (χ0) is 16.9. The molecule has 0 spiro atoms. The molecule has 2 aromatic heterocycles. The molecule has 0 unspecified atom stereocenters. The Labute approximate surface area is 139 Å². The number of nitrogens with zero attached hydrogens (tertiary/aromatic N) is 1. The van der Waals surface area contributed by atoms with Gasteiger partial charge in [-0.15, -0.1) is 0 Å². The number of hydrogen-bond donors (Lipinski definition) is 4. The van der Waals surface area contributed by atoms with Gasteiger partial charge in [0.15, 0.2) is 0 Å². The predicted molar refractivity (Wildman–Crippen MR) is 94.5 cm³/mol. The third-order valence-electron chi connectivity index (χ3n) is 3.66. The van der Waals surface area contributed by atoms with Crippen molar-refractivity contribution in [1.29, 1.82) is 0 Å². The van der Waals surface area contributed by atoms with Crippen molar-refractivity contribution in [2.24, 2.45) is 0 Å². The van der Waals surface area contributed by atoms with Crippen LogP contribution in [0.25, 0.3) is 11.0 Å². The van der Waals surface area contributed by atoms with Crippen molar-refractivity contribution in [2.45, 2.75) is 13.3 Å². The summed E-state index contributed by atoms with van der Waals surface area (Å²) in [6, 6.07) is 9.25. The second-order valence-electron chi connectivity index (χ2n) is 5.41. The van der Waals surface area contributed by atoms with Crippen LogP contribution >= 0.6 is 0 Å². The summed E-state index contributed by atoms with van der Waals surface area (Å²) in [5.41, 5.74) is 2.27. The maximum absolute atomic E-state index is 11.9. The summed E-state index contributed by atoms with van der Waals surface area (Å²) in [6.07, 6.45) is 2.77. The number of H-pyrrole nitrogens is 2. The Morgan fingerprint density at radius 1 is 1.25 bits per heavy atom. The summed E-state index contributed by atoms with van der Waals surface area (Å²) in [5.74, 6) is 1.43. The molecule has 0 fully saturated rings. The monoisotopic (exact) mass is 325 g/mol. The molecule has 0 saturated heterocycles. The fourth-order valence-electron chi connectivity index (χ4n) is 2.42. The second kappa shape index (κ2) is 6.99. The van der Waals surface area contributed by atoms with Gasteiger partial charge >= 0.3 is 5.95 Å². The van der Waals surface area contributed by atoms with Crippen LogP contribution in [0.2, 0.25) is 0 Å². The summed E-state index contributed by atoms with van der Waals surface area (Å²) in [6.45, 7) is 2.71. The van der Waals surface area contributed by atoms with Gasteiger partial charge in [0.2, 0.25) is 11.5 Å². The molecule has 0 aliphatic rings. The Morgan fingerprint density at radius 2 is 2.04 bits per heavy atom. The number of aromatic amines is 2. The zero-order valence-electron chi connectivity index (χ0n) is 13.7. The fourth-order valence-corrected chi connectivity index (χ4v) is 2.42. The first-order chi connectivity index (χ1) is 11.7. The van der Waals surface area contributed by atoms with Gasteiger partial charge in [-0.25, -0.2) is 4.98 Å². The van der Waals surface area contributed by atoms with Gasteiger partial charge in [0.25, 0.3) is 5.91 Å². The van der Waals surface area contributed by atoms with Gasteiger partial charge in [0, 0.05) is 25.4 Å². The van der Waals surface area contributed by atoms with E-state index in [2.05, 4.69) is 30.9 Å². The van der Waals surface area contributed by atoms with E-state index >= 15 is 0 Å². The summed E-state index contributed by atoms with van der Waals surface area (Å²) in [7, 11) is 1.85. The van der Waals surface area contributed by atoms with Crippen molar-refractivity contribution in [3.05, 3.63) is 42.1 Å². The van der Waals surface area contributed by atoms with E-state index in [1.54, 1.807) is 12.1 Å². The van der Waals surface area contributed by atoms with Crippen LogP contribution in [-0.2, 0) is 0 Å². The molecule has 0 saturated carbocycles. The van der Waals surface area contributed by atoms with Crippen LogP contribution in [0.15, 0.2) is 36.5 Å². The van der Waals surface area contributed by atoms with E-state index in [0.717, 1.165) is 29.0 Å². The van der Waals surface area contributed by atoms with Crippen LogP contribution in [-0.4, -0.2) is 29.5 Å². The van der Waals surface area contributed by atoms with Gasteiger partial charge in [-0.1, -0.05) is 11.9 Å². The van der Waals surface area contributed by atoms with Crippen LogP contribution in [0.1, 0.15) is 23.7 Å². The fraction of sp³-hybridized carbons (Fsp3) is 0.235. The van der Waals surface area contributed by atoms with E-state index in [1.807, 2.05) is 38.4 Å². The summed E-state index contributed by atoms with van der Waals surface area (Å²) < 4.78 is 0. The minimum atomic E-state index is -0.0571. The SMILES string of the molecule is CCCNC(=O)c1ccc(Nc2nc3[nH]ccc3c(NC)[nH+]2)cc1. The molecule has 2 heterocycles. The first-order valence-electron chi connectivity index (χ1n) is 7.94. The van der Waals surface area contributed by atoms with Crippen LogP contribution in [0.3, 0.4) is 0 Å². The van der Waals surface area contributed by atoms with Gasteiger partial charge in [0.05, 0.1) is 11.1 Å². The average molecular weight is 325 g/mol. The third-order valence-corrected chi connectivity index (χ3v) is 3.66. The molecule has 0 radical (unpaired) electrons. The highest BCUT2D eigenvalue weighted by Crippen LogP contribution is 2.19. The van der Waals surface area contributed by atoms with Gasteiger partial charge in [-0.05, 0) is 36.8 Å². The molecule has 1 aromatic carbocycles. The van der Waals surface area contributed by atoms with Crippen molar-refractivity contribution in [1.82, 2.24) is 15.3 Å². The molecule has 3 rings (SSSR count).